The summed E-state index contributed by atoms with van der Waals surface area (Å²) in [6.45, 7) is 0. The molecular weight excluding hydrogens is 392 g/mol. The van der Waals surface area contributed by atoms with Gasteiger partial charge in [0, 0.05) is 34.8 Å². The Morgan fingerprint density at radius 2 is 1.81 bits per heavy atom. The van der Waals surface area contributed by atoms with Crippen molar-refractivity contribution in [2.24, 2.45) is 0 Å². The van der Waals surface area contributed by atoms with E-state index in [2.05, 4.69) is 20.5 Å². The van der Waals surface area contributed by atoms with Gasteiger partial charge in [0.25, 0.3) is 0 Å². The van der Waals surface area contributed by atoms with E-state index in [1.54, 1.807) is 6.20 Å². The largest absolute Gasteiger partial charge is 0.481 e. The molecular formula is C24H22N4O3. The summed E-state index contributed by atoms with van der Waals surface area (Å²) in [6, 6.07) is 15.7. The molecule has 1 aliphatic carbocycles. The van der Waals surface area contributed by atoms with Gasteiger partial charge in [-0.25, -0.2) is 0 Å². The lowest BCUT2D eigenvalue weighted by atomic mass is 10.00. The first kappa shape index (κ1) is 19.1. The van der Waals surface area contributed by atoms with Crippen molar-refractivity contribution in [3.8, 4) is 11.1 Å². The minimum atomic E-state index is -0.854. The summed E-state index contributed by atoms with van der Waals surface area (Å²) in [5, 5.41) is 20.0. The van der Waals surface area contributed by atoms with Crippen LogP contribution in [-0.2, 0) is 22.4 Å². The van der Waals surface area contributed by atoms with Gasteiger partial charge in [0.2, 0.25) is 5.91 Å². The minimum Gasteiger partial charge on any atom is -0.481 e. The highest BCUT2D eigenvalue weighted by Gasteiger charge is 2.25. The maximum atomic E-state index is 12.4. The molecule has 2 aromatic heterocycles. The SMILES string of the molecule is O=C(O)Cc1c[nH]c2ccc(-c3ccc(CC(=O)Nc4cc(C5CC5)[nH]n4)cc3)cc12. The van der Waals surface area contributed by atoms with E-state index in [9.17, 15) is 9.59 Å². The zero-order valence-corrected chi connectivity index (χ0v) is 16.8. The predicted molar refractivity (Wildman–Crippen MR) is 118 cm³/mol. The van der Waals surface area contributed by atoms with Crippen LogP contribution in [0.5, 0.6) is 0 Å². The predicted octanol–water partition coefficient (Wildman–Crippen LogP) is 4.24. The fourth-order valence-corrected chi connectivity index (χ4v) is 3.86. The van der Waals surface area contributed by atoms with E-state index >= 15 is 0 Å². The molecule has 0 spiro atoms. The number of rotatable bonds is 7. The lowest BCUT2D eigenvalue weighted by Crippen LogP contribution is -2.14. The number of anilines is 1. The number of nitrogens with zero attached hydrogens (tertiary/aromatic N) is 1. The van der Waals surface area contributed by atoms with Crippen LogP contribution in [0.3, 0.4) is 0 Å². The van der Waals surface area contributed by atoms with Gasteiger partial charge in [0.15, 0.2) is 5.82 Å². The molecule has 0 aliphatic heterocycles. The number of aliphatic carboxylic acids is 1. The molecule has 0 unspecified atom stereocenters. The lowest BCUT2D eigenvalue weighted by molar-refractivity contribution is -0.136. The van der Waals surface area contributed by atoms with E-state index in [1.165, 1.54) is 12.8 Å². The van der Waals surface area contributed by atoms with Crippen molar-refractivity contribution in [3.05, 3.63) is 71.5 Å². The third-order valence-electron chi connectivity index (χ3n) is 5.64. The quantitative estimate of drug-likeness (QED) is 0.362. The van der Waals surface area contributed by atoms with E-state index in [-0.39, 0.29) is 18.7 Å². The molecule has 0 atom stereocenters. The zero-order valence-electron chi connectivity index (χ0n) is 16.8. The Morgan fingerprint density at radius 1 is 1.03 bits per heavy atom. The Hall–Kier alpha value is -3.87. The molecule has 4 N–H and O–H groups in total. The second kappa shape index (κ2) is 7.75. The molecule has 31 heavy (non-hydrogen) atoms. The van der Waals surface area contributed by atoms with Gasteiger partial charge >= 0.3 is 5.97 Å². The first-order valence-corrected chi connectivity index (χ1v) is 10.3. The number of amides is 1. The number of aromatic amines is 2. The lowest BCUT2D eigenvalue weighted by Gasteiger charge is -2.06. The summed E-state index contributed by atoms with van der Waals surface area (Å²) in [5.41, 5.74) is 5.69. The molecule has 1 fully saturated rings. The molecule has 1 aliphatic rings. The number of fused-ring (bicyclic) bond motifs is 1. The molecule has 5 rings (SSSR count). The smallest absolute Gasteiger partial charge is 0.307 e. The van der Waals surface area contributed by atoms with Gasteiger partial charge in [-0.05, 0) is 47.2 Å². The number of carbonyl (C=O) groups excluding carboxylic acids is 1. The van der Waals surface area contributed by atoms with Crippen LogP contribution in [0.25, 0.3) is 22.0 Å². The number of hydrogen-bond donors (Lipinski definition) is 4. The van der Waals surface area contributed by atoms with E-state index < -0.39 is 5.97 Å². The first-order valence-electron chi connectivity index (χ1n) is 10.3. The number of carboxylic acids is 1. The number of carbonyl (C=O) groups is 2. The van der Waals surface area contributed by atoms with Crippen LogP contribution >= 0.6 is 0 Å². The zero-order chi connectivity index (χ0) is 21.4. The Balaban J connectivity index is 1.27. The summed E-state index contributed by atoms with van der Waals surface area (Å²) in [5.74, 6) is 0.179. The highest BCUT2D eigenvalue weighted by Crippen LogP contribution is 2.39. The monoisotopic (exact) mass is 414 g/mol. The van der Waals surface area contributed by atoms with Crippen LogP contribution in [0.4, 0.5) is 5.82 Å². The maximum Gasteiger partial charge on any atom is 0.307 e. The standard InChI is InChI=1S/C24H22N4O3/c29-23(26-22-12-21(27-28-22)16-5-6-16)9-14-1-3-15(4-2-14)17-7-8-20-19(10-17)18(13-25-20)11-24(30)31/h1-4,7-8,10,12-13,16,25H,5-6,9,11H2,(H,30,31)(H2,26,27,28,29). The Morgan fingerprint density at radius 3 is 2.55 bits per heavy atom. The number of H-pyrrole nitrogens is 2. The van der Waals surface area contributed by atoms with Crippen molar-refractivity contribution < 1.29 is 14.7 Å². The van der Waals surface area contributed by atoms with Crippen LogP contribution in [0.15, 0.2) is 54.7 Å². The van der Waals surface area contributed by atoms with Gasteiger partial charge in [-0.2, -0.15) is 5.10 Å². The molecule has 1 saturated carbocycles. The first-order chi connectivity index (χ1) is 15.0. The van der Waals surface area contributed by atoms with E-state index in [4.69, 9.17) is 5.11 Å². The van der Waals surface area contributed by atoms with Crippen molar-refractivity contribution in [3.63, 3.8) is 0 Å². The van der Waals surface area contributed by atoms with Crippen LogP contribution < -0.4 is 5.32 Å². The third-order valence-corrected chi connectivity index (χ3v) is 5.64. The highest BCUT2D eigenvalue weighted by molar-refractivity contribution is 5.92. The summed E-state index contributed by atoms with van der Waals surface area (Å²) in [6.07, 6.45) is 4.36. The molecule has 156 valence electrons. The van der Waals surface area contributed by atoms with Gasteiger partial charge in [-0.15, -0.1) is 0 Å². The number of carboxylic acid groups (broad SMARTS) is 1. The topological polar surface area (TPSA) is 111 Å². The summed E-state index contributed by atoms with van der Waals surface area (Å²) in [4.78, 5) is 26.6. The van der Waals surface area contributed by atoms with E-state index in [0.29, 0.717) is 11.7 Å². The normalized spacial score (nSPS) is 13.4. The van der Waals surface area contributed by atoms with Crippen LogP contribution in [-0.4, -0.2) is 32.2 Å². The van der Waals surface area contributed by atoms with Crippen molar-refractivity contribution >= 4 is 28.6 Å². The molecule has 4 aromatic rings. The van der Waals surface area contributed by atoms with Crippen molar-refractivity contribution in [2.45, 2.75) is 31.6 Å². The van der Waals surface area contributed by atoms with Crippen molar-refractivity contribution in [1.29, 1.82) is 0 Å². The molecule has 0 saturated heterocycles. The number of hydrogen-bond acceptors (Lipinski definition) is 3. The van der Waals surface area contributed by atoms with Crippen molar-refractivity contribution in [1.82, 2.24) is 15.2 Å². The molecule has 1 amide bonds. The van der Waals surface area contributed by atoms with Gasteiger partial charge in [0.05, 0.1) is 12.8 Å². The highest BCUT2D eigenvalue weighted by atomic mass is 16.4. The van der Waals surface area contributed by atoms with E-state index in [0.717, 1.165) is 38.9 Å². The fourth-order valence-electron chi connectivity index (χ4n) is 3.86. The number of aromatic nitrogens is 3. The molecule has 0 bridgehead atoms. The molecule has 0 radical (unpaired) electrons. The molecule has 2 aromatic carbocycles. The number of benzene rings is 2. The summed E-state index contributed by atoms with van der Waals surface area (Å²) in [7, 11) is 0. The van der Waals surface area contributed by atoms with Crippen molar-refractivity contribution in [2.75, 3.05) is 5.32 Å². The Kier molecular flexibility index (Phi) is 4.78. The Bertz CT molecular complexity index is 1270. The van der Waals surface area contributed by atoms with Crippen LogP contribution in [0.2, 0.25) is 0 Å². The molecule has 7 nitrogen and oxygen atoms in total. The van der Waals surface area contributed by atoms with Gasteiger partial charge in [-0.3, -0.25) is 14.7 Å². The fraction of sp³-hybridized carbons (Fsp3) is 0.208. The average molecular weight is 414 g/mol. The third kappa shape index (κ3) is 4.21. The summed E-state index contributed by atoms with van der Waals surface area (Å²) >= 11 is 0. The van der Waals surface area contributed by atoms with Gasteiger partial charge in [0.1, 0.15) is 0 Å². The Labute approximate surface area is 178 Å². The minimum absolute atomic E-state index is 0.0182. The van der Waals surface area contributed by atoms with Crippen LogP contribution in [0, 0.1) is 0 Å². The van der Waals surface area contributed by atoms with Gasteiger partial charge < -0.3 is 15.4 Å². The van der Waals surface area contributed by atoms with Gasteiger partial charge in [-0.1, -0.05) is 30.3 Å². The van der Waals surface area contributed by atoms with Crippen LogP contribution in [0.1, 0.15) is 35.6 Å². The number of nitrogens with one attached hydrogen (secondary N) is 3. The van der Waals surface area contributed by atoms with E-state index in [1.807, 2.05) is 48.5 Å². The average Bonchev–Trinajstić information content (AvgIpc) is 3.38. The maximum absolute atomic E-state index is 12.4. The second-order valence-corrected chi connectivity index (χ2v) is 8.05. The molecule has 7 heteroatoms. The summed E-state index contributed by atoms with van der Waals surface area (Å²) < 4.78 is 0. The second-order valence-electron chi connectivity index (χ2n) is 8.05. The molecule has 2 heterocycles.